The van der Waals surface area contributed by atoms with Crippen molar-refractivity contribution in [3.8, 4) is 16.2 Å². The number of alkyl halides is 3. The molecule has 2 aromatic heterocycles. The number of ether oxygens (including phenoxy) is 1. The smallest absolute Gasteiger partial charge is 0.406 e. The van der Waals surface area contributed by atoms with Gasteiger partial charge in [0, 0.05) is 15.8 Å². The van der Waals surface area contributed by atoms with E-state index in [1.807, 2.05) is 41.3 Å². The molecule has 0 saturated heterocycles. The molecular formula is C28H26F3N3O2S. The van der Waals surface area contributed by atoms with Crippen LogP contribution in [0.25, 0.3) is 21.5 Å². The summed E-state index contributed by atoms with van der Waals surface area (Å²) in [6.45, 7) is 2.03. The molecule has 4 aromatic rings. The van der Waals surface area contributed by atoms with Crippen LogP contribution in [0.15, 0.2) is 60.8 Å². The zero-order valence-corrected chi connectivity index (χ0v) is 21.1. The molecule has 1 fully saturated rings. The number of fused-ring (bicyclic) bond motifs is 1. The first-order valence-corrected chi connectivity index (χ1v) is 13.1. The molecule has 2 heterocycles. The summed E-state index contributed by atoms with van der Waals surface area (Å²) in [5.41, 5.74) is 2.96. The third kappa shape index (κ3) is 5.93. The van der Waals surface area contributed by atoms with Crippen LogP contribution in [-0.4, -0.2) is 33.2 Å². The Bertz CT molecular complexity index is 1410. The molecule has 2 aromatic carbocycles. The number of hydrogen-bond donors (Lipinski definition) is 0. The van der Waals surface area contributed by atoms with E-state index in [4.69, 9.17) is 0 Å². The summed E-state index contributed by atoms with van der Waals surface area (Å²) in [7, 11) is 0. The van der Waals surface area contributed by atoms with E-state index in [1.54, 1.807) is 25.3 Å². The van der Waals surface area contributed by atoms with Crippen molar-refractivity contribution in [3.05, 3.63) is 76.9 Å². The molecule has 192 valence electrons. The molecule has 9 heteroatoms. The monoisotopic (exact) mass is 525 g/mol. The Morgan fingerprint density at radius 1 is 1.05 bits per heavy atom. The van der Waals surface area contributed by atoms with E-state index < -0.39 is 6.36 Å². The molecule has 37 heavy (non-hydrogen) atoms. The lowest BCUT2D eigenvalue weighted by Crippen LogP contribution is -2.41. The van der Waals surface area contributed by atoms with Crippen molar-refractivity contribution in [2.24, 2.45) is 0 Å². The minimum Gasteiger partial charge on any atom is -0.406 e. The normalized spacial score (nSPS) is 14.6. The third-order valence-corrected chi connectivity index (χ3v) is 7.74. The second-order valence-electron chi connectivity index (χ2n) is 9.26. The second kappa shape index (κ2) is 10.5. The molecule has 0 N–H and O–H groups in total. The highest BCUT2D eigenvalue weighted by Crippen LogP contribution is 2.35. The van der Waals surface area contributed by atoms with Crippen LogP contribution in [0.4, 0.5) is 13.2 Å². The number of thiophene rings is 1. The lowest BCUT2D eigenvalue weighted by molar-refractivity contribution is -0.274. The molecule has 5 nitrogen and oxygen atoms in total. The number of benzene rings is 2. The minimum absolute atomic E-state index is 0.126. The van der Waals surface area contributed by atoms with Crippen LogP contribution < -0.4 is 4.74 Å². The van der Waals surface area contributed by atoms with Gasteiger partial charge in [0.1, 0.15) is 11.4 Å². The van der Waals surface area contributed by atoms with E-state index >= 15 is 0 Å². The zero-order valence-electron chi connectivity index (χ0n) is 20.3. The summed E-state index contributed by atoms with van der Waals surface area (Å²) in [6.07, 6.45) is 2.06. The lowest BCUT2D eigenvalue weighted by atomic mass is 9.94. The van der Waals surface area contributed by atoms with Crippen LogP contribution in [0.2, 0.25) is 0 Å². The fourth-order valence-electron chi connectivity index (χ4n) is 4.79. The topological polar surface area (TPSA) is 55.3 Å². The predicted octanol–water partition coefficient (Wildman–Crippen LogP) is 7.54. The van der Waals surface area contributed by atoms with E-state index in [2.05, 4.69) is 14.7 Å². The Morgan fingerprint density at radius 2 is 1.81 bits per heavy atom. The van der Waals surface area contributed by atoms with Gasteiger partial charge < -0.3 is 9.64 Å². The number of carbonyl (C=O) groups is 1. The Labute approximate surface area is 216 Å². The second-order valence-corrected chi connectivity index (χ2v) is 10.4. The SMILES string of the molecule is Cc1cc(-c2ccc(CN(C(=O)c3cnc4ccccc4n3)C3CCCCC3)s2)ccc1OC(F)(F)F. The quantitative estimate of drug-likeness (QED) is 0.261. The van der Waals surface area contributed by atoms with Crippen molar-refractivity contribution in [2.45, 2.75) is 58.0 Å². The standard InChI is InChI=1S/C28H26F3N3O2S/c1-18-15-19(11-13-25(18)36-28(29,30)31)26-14-12-21(37-26)17-34(20-7-3-2-4-8-20)27(35)24-16-32-22-9-5-6-10-23(22)33-24/h5-6,9-16,20H,2-4,7-8,17H2,1H3. The average Bonchev–Trinajstić information content (AvgIpc) is 3.36. The van der Waals surface area contributed by atoms with E-state index in [9.17, 15) is 18.0 Å². The van der Waals surface area contributed by atoms with Crippen LogP contribution >= 0.6 is 11.3 Å². The first-order chi connectivity index (χ1) is 17.8. The third-order valence-electron chi connectivity index (χ3n) is 6.62. The summed E-state index contributed by atoms with van der Waals surface area (Å²) in [4.78, 5) is 26.5. The molecule has 1 aliphatic carbocycles. The Hall–Kier alpha value is -3.46. The number of nitrogens with zero attached hydrogens (tertiary/aromatic N) is 3. The van der Waals surface area contributed by atoms with Crippen LogP contribution in [-0.2, 0) is 6.54 Å². The van der Waals surface area contributed by atoms with E-state index in [-0.39, 0.29) is 17.7 Å². The van der Waals surface area contributed by atoms with E-state index in [0.717, 1.165) is 46.5 Å². The molecular weight excluding hydrogens is 499 g/mol. The van der Waals surface area contributed by atoms with Crippen molar-refractivity contribution < 1.29 is 22.7 Å². The summed E-state index contributed by atoms with van der Waals surface area (Å²) in [5.74, 6) is -0.344. The first kappa shape index (κ1) is 25.2. The molecule has 0 radical (unpaired) electrons. The molecule has 1 aliphatic rings. The number of hydrogen-bond acceptors (Lipinski definition) is 5. The molecule has 0 bridgehead atoms. The lowest BCUT2D eigenvalue weighted by Gasteiger charge is -2.34. The van der Waals surface area contributed by atoms with E-state index in [0.29, 0.717) is 23.3 Å². The van der Waals surface area contributed by atoms with Gasteiger partial charge in [0.25, 0.3) is 5.91 Å². The Morgan fingerprint density at radius 3 is 2.54 bits per heavy atom. The fourth-order valence-corrected chi connectivity index (χ4v) is 5.80. The van der Waals surface area contributed by atoms with Crippen molar-refractivity contribution in [3.63, 3.8) is 0 Å². The molecule has 0 spiro atoms. The summed E-state index contributed by atoms with van der Waals surface area (Å²) < 4.78 is 42.0. The van der Waals surface area contributed by atoms with Crippen LogP contribution in [0.1, 0.15) is 53.0 Å². The van der Waals surface area contributed by atoms with Gasteiger partial charge in [0.05, 0.1) is 23.8 Å². The highest BCUT2D eigenvalue weighted by Gasteiger charge is 2.32. The van der Waals surface area contributed by atoms with Crippen LogP contribution in [0, 0.1) is 6.92 Å². The molecule has 0 atom stereocenters. The number of rotatable bonds is 6. The number of amides is 1. The largest absolute Gasteiger partial charge is 0.573 e. The molecule has 1 amide bonds. The molecule has 1 saturated carbocycles. The summed E-state index contributed by atoms with van der Waals surface area (Å²) in [5, 5.41) is 0. The maximum atomic E-state index is 13.7. The van der Waals surface area contributed by atoms with E-state index in [1.165, 1.54) is 23.8 Å². The summed E-state index contributed by atoms with van der Waals surface area (Å²) >= 11 is 1.53. The average molecular weight is 526 g/mol. The molecule has 0 aliphatic heterocycles. The van der Waals surface area contributed by atoms with Gasteiger partial charge in [0.15, 0.2) is 0 Å². The van der Waals surface area contributed by atoms with Gasteiger partial charge in [-0.2, -0.15) is 0 Å². The van der Waals surface area contributed by atoms with Crippen LogP contribution in [0.5, 0.6) is 5.75 Å². The highest BCUT2D eigenvalue weighted by atomic mass is 32.1. The molecule has 5 rings (SSSR count). The van der Waals surface area contributed by atoms with Gasteiger partial charge in [-0.25, -0.2) is 4.98 Å². The van der Waals surface area contributed by atoms with Gasteiger partial charge in [-0.15, -0.1) is 24.5 Å². The van der Waals surface area contributed by atoms with Gasteiger partial charge in [-0.05, 0) is 73.4 Å². The number of halogens is 3. The number of carbonyl (C=O) groups excluding carboxylic acids is 1. The Kier molecular flexibility index (Phi) is 7.15. The van der Waals surface area contributed by atoms with Gasteiger partial charge in [-0.1, -0.05) is 31.4 Å². The van der Waals surface area contributed by atoms with Crippen molar-refractivity contribution in [2.75, 3.05) is 0 Å². The van der Waals surface area contributed by atoms with Gasteiger partial charge in [-0.3, -0.25) is 9.78 Å². The maximum Gasteiger partial charge on any atom is 0.573 e. The van der Waals surface area contributed by atoms with Gasteiger partial charge in [0.2, 0.25) is 0 Å². The van der Waals surface area contributed by atoms with Gasteiger partial charge >= 0.3 is 6.36 Å². The van der Waals surface area contributed by atoms with Crippen molar-refractivity contribution >= 4 is 28.3 Å². The van der Waals surface area contributed by atoms with Crippen LogP contribution in [0.3, 0.4) is 0 Å². The Balaban J connectivity index is 1.39. The number of aromatic nitrogens is 2. The van der Waals surface area contributed by atoms with Crippen molar-refractivity contribution in [1.82, 2.24) is 14.9 Å². The number of aryl methyl sites for hydroxylation is 1. The summed E-state index contributed by atoms with van der Waals surface area (Å²) in [6, 6.07) is 16.2. The van der Waals surface area contributed by atoms with Crippen molar-refractivity contribution in [1.29, 1.82) is 0 Å². The zero-order chi connectivity index (χ0) is 26.0. The fraction of sp³-hybridized carbons (Fsp3) is 0.321. The predicted molar refractivity (Wildman–Crippen MR) is 137 cm³/mol. The number of para-hydroxylation sites is 2. The highest BCUT2D eigenvalue weighted by molar-refractivity contribution is 7.15. The maximum absolute atomic E-state index is 13.7. The molecule has 0 unspecified atom stereocenters. The minimum atomic E-state index is -4.73. The first-order valence-electron chi connectivity index (χ1n) is 12.2.